The number of carbonyl (C=O) groups is 1. The van der Waals surface area contributed by atoms with Crippen LogP contribution >= 0.6 is 0 Å². The summed E-state index contributed by atoms with van der Waals surface area (Å²) >= 11 is 0. The Morgan fingerprint density at radius 1 is 1.12 bits per heavy atom. The van der Waals surface area contributed by atoms with Gasteiger partial charge in [0.15, 0.2) is 11.5 Å². The number of anilines is 1. The van der Waals surface area contributed by atoms with Crippen LogP contribution in [0.25, 0.3) is 10.9 Å². The molecule has 0 atom stereocenters. The smallest absolute Gasteiger partial charge is 0.227 e. The number of fused-ring (bicyclic) bond motifs is 2. The molecule has 3 aromatic rings. The van der Waals surface area contributed by atoms with Gasteiger partial charge in [0.25, 0.3) is 0 Å². The van der Waals surface area contributed by atoms with Crippen LogP contribution in [0.1, 0.15) is 24.0 Å². The average molecular weight is 462 g/mol. The van der Waals surface area contributed by atoms with Crippen LogP contribution in [0.4, 0.5) is 5.69 Å². The first-order chi connectivity index (χ1) is 16.6. The number of aromatic nitrogens is 1. The van der Waals surface area contributed by atoms with E-state index >= 15 is 0 Å². The number of pyridine rings is 1. The van der Waals surface area contributed by atoms with Crippen molar-refractivity contribution in [1.82, 2.24) is 9.88 Å². The van der Waals surface area contributed by atoms with Crippen LogP contribution in [0, 0.1) is 12.8 Å². The Kier molecular flexibility index (Phi) is 6.54. The van der Waals surface area contributed by atoms with Crippen molar-refractivity contribution >= 4 is 22.5 Å². The molecular formula is C27H31N3O4. The Labute approximate surface area is 200 Å². The van der Waals surface area contributed by atoms with E-state index < -0.39 is 0 Å². The minimum Gasteiger partial charge on any atom is -0.486 e. The third-order valence-electron chi connectivity index (χ3n) is 6.77. The molecule has 34 heavy (non-hydrogen) atoms. The van der Waals surface area contributed by atoms with E-state index in [-0.39, 0.29) is 11.8 Å². The first-order valence-electron chi connectivity index (χ1n) is 12.0. The van der Waals surface area contributed by atoms with Gasteiger partial charge >= 0.3 is 0 Å². The number of rotatable bonds is 6. The van der Waals surface area contributed by atoms with Crippen molar-refractivity contribution in [2.24, 2.45) is 5.92 Å². The maximum Gasteiger partial charge on any atom is 0.227 e. The molecule has 3 heterocycles. The van der Waals surface area contributed by atoms with E-state index in [1.807, 2.05) is 37.3 Å². The number of amides is 1. The fourth-order valence-electron chi connectivity index (χ4n) is 4.78. The highest BCUT2D eigenvalue weighted by atomic mass is 16.6. The second kappa shape index (κ2) is 9.89. The molecule has 0 unspecified atom stereocenters. The third-order valence-corrected chi connectivity index (χ3v) is 6.77. The molecule has 5 rings (SSSR count). The number of nitrogens with one attached hydrogen (secondary N) is 1. The number of likely N-dealkylation sites (tertiary alicyclic amines) is 1. The summed E-state index contributed by atoms with van der Waals surface area (Å²) in [5, 5.41) is 4.15. The zero-order chi connectivity index (χ0) is 23.5. The standard InChI is InChI=1S/C27H31N3O4/c1-18-16-25(32-2)29-26-21(18)4-3-5-22(26)28-27(31)20-9-12-30(13-10-20)11-8-19-6-7-23-24(17-19)34-15-14-33-23/h3-7,16-17,20H,8-15H2,1-2H3,(H,28,31). The Hall–Kier alpha value is -3.32. The Morgan fingerprint density at radius 2 is 1.91 bits per heavy atom. The second-order valence-corrected chi connectivity index (χ2v) is 9.02. The molecule has 2 aliphatic heterocycles. The minimum absolute atomic E-state index is 0.00695. The van der Waals surface area contributed by atoms with E-state index in [0.717, 1.165) is 72.5 Å². The van der Waals surface area contributed by atoms with E-state index in [1.54, 1.807) is 7.11 Å². The zero-order valence-electron chi connectivity index (χ0n) is 19.8. The van der Waals surface area contributed by atoms with Crippen LogP contribution in [0.3, 0.4) is 0 Å². The molecule has 1 saturated heterocycles. The normalized spacial score (nSPS) is 16.4. The molecule has 0 spiro atoms. The van der Waals surface area contributed by atoms with Gasteiger partial charge in [-0.15, -0.1) is 0 Å². The topological polar surface area (TPSA) is 72.9 Å². The minimum atomic E-state index is 0.00695. The number of benzene rings is 2. The number of aryl methyl sites for hydroxylation is 1. The third kappa shape index (κ3) is 4.80. The molecule has 7 nitrogen and oxygen atoms in total. The van der Waals surface area contributed by atoms with Gasteiger partial charge in [0.2, 0.25) is 11.8 Å². The molecular weight excluding hydrogens is 430 g/mol. The summed E-state index contributed by atoms with van der Waals surface area (Å²) in [6, 6.07) is 14.0. The van der Waals surface area contributed by atoms with Crippen LogP contribution in [-0.2, 0) is 11.2 Å². The highest BCUT2D eigenvalue weighted by Crippen LogP contribution is 2.31. The molecule has 1 fully saturated rings. The first-order valence-corrected chi connectivity index (χ1v) is 12.0. The van der Waals surface area contributed by atoms with Crippen molar-refractivity contribution in [2.45, 2.75) is 26.2 Å². The summed E-state index contributed by atoms with van der Waals surface area (Å²) in [5.41, 5.74) is 3.83. The summed E-state index contributed by atoms with van der Waals surface area (Å²) in [7, 11) is 1.61. The molecule has 0 aliphatic carbocycles. The number of hydrogen-bond acceptors (Lipinski definition) is 6. The van der Waals surface area contributed by atoms with Crippen molar-refractivity contribution in [2.75, 3.05) is 45.3 Å². The van der Waals surface area contributed by atoms with Gasteiger partial charge in [0.05, 0.1) is 18.3 Å². The second-order valence-electron chi connectivity index (χ2n) is 9.02. The van der Waals surface area contributed by atoms with Gasteiger partial charge in [0.1, 0.15) is 13.2 Å². The lowest BCUT2D eigenvalue weighted by atomic mass is 9.95. The van der Waals surface area contributed by atoms with E-state index in [4.69, 9.17) is 14.2 Å². The molecule has 1 aromatic heterocycles. The van der Waals surface area contributed by atoms with E-state index in [0.29, 0.717) is 19.1 Å². The zero-order valence-corrected chi connectivity index (χ0v) is 19.8. The summed E-state index contributed by atoms with van der Waals surface area (Å²) < 4.78 is 16.6. The first kappa shape index (κ1) is 22.5. The predicted molar refractivity (Wildman–Crippen MR) is 132 cm³/mol. The summed E-state index contributed by atoms with van der Waals surface area (Å²) in [5.74, 6) is 2.30. The van der Waals surface area contributed by atoms with Gasteiger partial charge in [-0.25, -0.2) is 4.98 Å². The SMILES string of the molecule is COc1cc(C)c2cccc(NC(=O)C3CCN(CCc4ccc5c(c4)OCCO5)CC3)c2n1. The number of piperidine rings is 1. The Balaban J connectivity index is 1.16. The van der Waals surface area contributed by atoms with E-state index in [9.17, 15) is 4.79 Å². The van der Waals surface area contributed by atoms with Gasteiger partial charge in [-0.2, -0.15) is 0 Å². The predicted octanol–water partition coefficient (Wildman–Crippen LogP) is 4.22. The molecule has 2 aromatic carbocycles. The van der Waals surface area contributed by atoms with E-state index in [1.165, 1.54) is 5.56 Å². The lowest BCUT2D eigenvalue weighted by molar-refractivity contribution is -0.121. The molecule has 178 valence electrons. The van der Waals surface area contributed by atoms with Gasteiger partial charge in [-0.3, -0.25) is 4.79 Å². The van der Waals surface area contributed by atoms with Crippen LogP contribution in [0.5, 0.6) is 17.4 Å². The molecule has 1 N–H and O–H groups in total. The van der Waals surface area contributed by atoms with Gasteiger partial charge in [0, 0.05) is 23.9 Å². The van der Waals surface area contributed by atoms with Crippen molar-refractivity contribution < 1.29 is 19.0 Å². The highest BCUT2D eigenvalue weighted by molar-refractivity contribution is 6.02. The Bertz CT molecular complexity index is 1190. The quantitative estimate of drug-likeness (QED) is 0.593. The Morgan fingerprint density at radius 3 is 2.71 bits per heavy atom. The van der Waals surface area contributed by atoms with Gasteiger partial charge in [-0.05, 0) is 68.6 Å². The van der Waals surface area contributed by atoms with Gasteiger partial charge < -0.3 is 24.4 Å². The lowest BCUT2D eigenvalue weighted by Crippen LogP contribution is -2.39. The number of para-hydroxylation sites is 1. The number of nitrogens with zero attached hydrogens (tertiary/aromatic N) is 2. The highest BCUT2D eigenvalue weighted by Gasteiger charge is 2.25. The molecule has 7 heteroatoms. The van der Waals surface area contributed by atoms with E-state index in [2.05, 4.69) is 27.3 Å². The summed E-state index contributed by atoms with van der Waals surface area (Å²) in [6.07, 6.45) is 2.66. The van der Waals surface area contributed by atoms with Crippen LogP contribution in [0.15, 0.2) is 42.5 Å². The molecule has 0 bridgehead atoms. The summed E-state index contributed by atoms with van der Waals surface area (Å²) in [4.78, 5) is 20.1. The number of methoxy groups -OCH3 is 1. The molecule has 2 aliphatic rings. The van der Waals surface area contributed by atoms with Crippen molar-refractivity contribution in [1.29, 1.82) is 0 Å². The van der Waals surface area contributed by atoms with Crippen LogP contribution in [0.2, 0.25) is 0 Å². The number of carbonyl (C=O) groups excluding carboxylic acids is 1. The monoisotopic (exact) mass is 461 g/mol. The average Bonchev–Trinajstić information content (AvgIpc) is 2.88. The molecule has 1 amide bonds. The van der Waals surface area contributed by atoms with Crippen LogP contribution < -0.4 is 19.5 Å². The largest absolute Gasteiger partial charge is 0.486 e. The molecule has 0 radical (unpaired) electrons. The molecule has 0 saturated carbocycles. The van der Waals surface area contributed by atoms with Crippen LogP contribution in [-0.4, -0.2) is 55.7 Å². The lowest BCUT2D eigenvalue weighted by Gasteiger charge is -2.31. The number of ether oxygens (including phenoxy) is 3. The fraction of sp³-hybridized carbons (Fsp3) is 0.407. The van der Waals surface area contributed by atoms with Crippen molar-refractivity contribution in [3.05, 3.63) is 53.6 Å². The number of hydrogen-bond donors (Lipinski definition) is 1. The van der Waals surface area contributed by atoms with Gasteiger partial charge in [-0.1, -0.05) is 18.2 Å². The maximum absolute atomic E-state index is 13.1. The van der Waals surface area contributed by atoms with Crippen molar-refractivity contribution in [3.8, 4) is 17.4 Å². The summed E-state index contributed by atoms with van der Waals surface area (Å²) in [6.45, 7) is 6.06. The maximum atomic E-state index is 13.1. The fourth-order valence-corrected chi connectivity index (χ4v) is 4.78. The van der Waals surface area contributed by atoms with Crippen molar-refractivity contribution in [3.63, 3.8) is 0 Å².